The maximum atomic E-state index is 12.7. The molecule has 0 aliphatic carbocycles. The first kappa shape index (κ1) is 17.4. The van der Waals surface area contributed by atoms with Crippen molar-refractivity contribution in [2.75, 3.05) is 0 Å². The van der Waals surface area contributed by atoms with Crippen LogP contribution in [0.1, 0.15) is 11.5 Å². The molecular weight excluding hydrogens is 340 g/mol. The highest BCUT2D eigenvalue weighted by atomic mass is 16.4. The Bertz CT molecular complexity index is 1090. The zero-order valence-electron chi connectivity index (χ0n) is 14.1. The van der Waals surface area contributed by atoms with Crippen LogP contribution in [0.5, 0.6) is 5.75 Å². The summed E-state index contributed by atoms with van der Waals surface area (Å²) in [6.07, 6.45) is 0. The van der Waals surface area contributed by atoms with E-state index in [-0.39, 0.29) is 11.4 Å². The van der Waals surface area contributed by atoms with E-state index in [1.54, 1.807) is 42.9 Å². The van der Waals surface area contributed by atoms with E-state index in [2.05, 4.69) is 10.2 Å². The van der Waals surface area contributed by atoms with Crippen LogP contribution < -0.4 is 11.0 Å². The van der Waals surface area contributed by atoms with E-state index in [9.17, 15) is 14.7 Å². The number of para-hydroxylation sites is 1. The first-order chi connectivity index (χ1) is 12.4. The van der Waals surface area contributed by atoms with Crippen molar-refractivity contribution in [3.63, 3.8) is 0 Å². The maximum Gasteiger partial charge on any atom is 0.299 e. The summed E-state index contributed by atoms with van der Waals surface area (Å²) in [5.41, 5.74) is 0.0394. The van der Waals surface area contributed by atoms with Gasteiger partial charge in [-0.3, -0.25) is 14.3 Å². The number of hydrogen-bond donors (Lipinski definition) is 2. The van der Waals surface area contributed by atoms with E-state index in [4.69, 9.17) is 9.52 Å². The monoisotopic (exact) mass is 356 g/mol. The Labute approximate surface area is 147 Å². The lowest BCUT2D eigenvalue weighted by Gasteiger charge is -2.07. The Morgan fingerprint density at radius 2 is 1.85 bits per heavy atom. The second kappa shape index (κ2) is 6.81. The summed E-state index contributed by atoms with van der Waals surface area (Å²) in [4.78, 5) is 24.3. The molecule has 0 saturated heterocycles. The average molecular weight is 356 g/mol. The molecule has 134 valence electrons. The van der Waals surface area contributed by atoms with Gasteiger partial charge in [0.25, 0.3) is 11.4 Å². The van der Waals surface area contributed by atoms with E-state index in [0.29, 0.717) is 11.4 Å². The molecule has 3 rings (SSSR count). The SMILES string of the molecule is Cc1c(N=Nc2oc(CO)cc(=O)c2O)c(=O)n(-c2ccccc2)n1C. The van der Waals surface area contributed by atoms with E-state index in [1.165, 1.54) is 4.68 Å². The standard InChI is InChI=1S/C17H16N4O5/c1-10-14(17(25)21(20(10)2)11-6-4-3-5-7-11)18-19-16-15(24)13(23)8-12(9-22)26-16/h3-8,22,24H,9H2,1-2H3. The quantitative estimate of drug-likeness (QED) is 0.693. The highest BCUT2D eigenvalue weighted by Gasteiger charge is 2.17. The van der Waals surface area contributed by atoms with Crippen molar-refractivity contribution >= 4 is 11.6 Å². The van der Waals surface area contributed by atoms with Gasteiger partial charge in [-0.2, -0.15) is 0 Å². The topological polar surface area (TPSA) is 122 Å². The van der Waals surface area contributed by atoms with E-state index < -0.39 is 29.2 Å². The molecule has 0 bridgehead atoms. The molecule has 9 nitrogen and oxygen atoms in total. The van der Waals surface area contributed by atoms with Gasteiger partial charge in [0, 0.05) is 13.1 Å². The van der Waals surface area contributed by atoms with Gasteiger partial charge in [0.15, 0.2) is 5.69 Å². The molecule has 0 aliphatic rings. The van der Waals surface area contributed by atoms with Gasteiger partial charge in [0.05, 0.1) is 11.4 Å². The van der Waals surface area contributed by atoms with Gasteiger partial charge < -0.3 is 14.6 Å². The number of hydrogen-bond acceptors (Lipinski definition) is 7. The van der Waals surface area contributed by atoms with Gasteiger partial charge in [0.1, 0.15) is 12.4 Å². The fourth-order valence-electron chi connectivity index (χ4n) is 2.43. The summed E-state index contributed by atoms with van der Waals surface area (Å²) in [7, 11) is 1.70. The van der Waals surface area contributed by atoms with Crippen molar-refractivity contribution < 1.29 is 14.6 Å². The summed E-state index contributed by atoms with van der Waals surface area (Å²) < 4.78 is 8.12. The van der Waals surface area contributed by atoms with Gasteiger partial charge in [-0.15, -0.1) is 10.2 Å². The van der Waals surface area contributed by atoms with E-state index in [0.717, 1.165) is 6.07 Å². The number of azo groups is 1. The number of rotatable bonds is 4. The first-order valence-corrected chi connectivity index (χ1v) is 7.66. The largest absolute Gasteiger partial charge is 0.500 e. The number of aliphatic hydroxyl groups is 1. The third-order valence-electron chi connectivity index (χ3n) is 3.88. The van der Waals surface area contributed by atoms with Crippen LogP contribution >= 0.6 is 0 Å². The second-order valence-corrected chi connectivity index (χ2v) is 5.50. The predicted molar refractivity (Wildman–Crippen MR) is 92.5 cm³/mol. The third-order valence-corrected chi connectivity index (χ3v) is 3.88. The van der Waals surface area contributed by atoms with Gasteiger partial charge in [-0.1, -0.05) is 18.2 Å². The van der Waals surface area contributed by atoms with Crippen LogP contribution in [0.2, 0.25) is 0 Å². The summed E-state index contributed by atoms with van der Waals surface area (Å²) in [6.45, 7) is 1.15. The molecule has 26 heavy (non-hydrogen) atoms. The van der Waals surface area contributed by atoms with Crippen molar-refractivity contribution in [1.82, 2.24) is 9.36 Å². The molecule has 0 unspecified atom stereocenters. The average Bonchev–Trinajstić information content (AvgIpc) is 2.86. The van der Waals surface area contributed by atoms with Crippen LogP contribution in [0.25, 0.3) is 5.69 Å². The summed E-state index contributed by atoms with van der Waals surface area (Å²) in [5, 5.41) is 26.4. The fraction of sp³-hybridized carbons (Fsp3) is 0.176. The summed E-state index contributed by atoms with van der Waals surface area (Å²) >= 11 is 0. The van der Waals surface area contributed by atoms with E-state index in [1.807, 2.05) is 6.07 Å². The zero-order valence-corrected chi connectivity index (χ0v) is 14.1. The Balaban J connectivity index is 2.10. The zero-order chi connectivity index (χ0) is 18.8. The normalized spacial score (nSPS) is 11.3. The van der Waals surface area contributed by atoms with Crippen molar-refractivity contribution in [3.8, 4) is 11.4 Å². The van der Waals surface area contributed by atoms with Crippen LogP contribution in [-0.2, 0) is 13.7 Å². The van der Waals surface area contributed by atoms with Gasteiger partial charge in [0.2, 0.25) is 11.2 Å². The lowest BCUT2D eigenvalue weighted by atomic mass is 10.3. The van der Waals surface area contributed by atoms with Crippen molar-refractivity contribution in [1.29, 1.82) is 0 Å². The number of nitrogens with zero attached hydrogens (tertiary/aromatic N) is 4. The molecule has 0 atom stereocenters. The number of aromatic nitrogens is 2. The van der Waals surface area contributed by atoms with Crippen LogP contribution in [0, 0.1) is 6.92 Å². The molecule has 0 fully saturated rings. The minimum Gasteiger partial charge on any atom is -0.500 e. The Morgan fingerprint density at radius 1 is 1.15 bits per heavy atom. The van der Waals surface area contributed by atoms with Crippen LogP contribution in [0.3, 0.4) is 0 Å². The molecule has 0 spiro atoms. The number of aliphatic hydroxyl groups excluding tert-OH is 1. The lowest BCUT2D eigenvalue weighted by molar-refractivity contribution is 0.243. The molecule has 3 aromatic rings. The smallest absolute Gasteiger partial charge is 0.299 e. The molecule has 0 aliphatic heterocycles. The minimum absolute atomic E-state index is 0.0350. The summed E-state index contributed by atoms with van der Waals surface area (Å²) in [5.74, 6) is -1.30. The van der Waals surface area contributed by atoms with Gasteiger partial charge >= 0.3 is 0 Å². The molecule has 0 saturated carbocycles. The van der Waals surface area contributed by atoms with Gasteiger partial charge in [-0.25, -0.2) is 4.68 Å². The molecule has 0 amide bonds. The minimum atomic E-state index is -0.763. The lowest BCUT2D eigenvalue weighted by Crippen LogP contribution is -2.19. The molecule has 0 radical (unpaired) electrons. The molecule has 1 aromatic carbocycles. The fourth-order valence-corrected chi connectivity index (χ4v) is 2.43. The van der Waals surface area contributed by atoms with Crippen molar-refractivity contribution in [2.45, 2.75) is 13.5 Å². The second-order valence-electron chi connectivity index (χ2n) is 5.50. The first-order valence-electron chi connectivity index (χ1n) is 7.66. The molecule has 2 N–H and O–H groups in total. The molecular formula is C17H16N4O5. The molecule has 9 heteroatoms. The predicted octanol–water partition coefficient (Wildman–Crippen LogP) is 2.05. The maximum absolute atomic E-state index is 12.7. The Hall–Kier alpha value is -3.46. The van der Waals surface area contributed by atoms with Crippen LogP contribution in [0.15, 0.2) is 60.6 Å². The van der Waals surface area contributed by atoms with Crippen LogP contribution in [-0.4, -0.2) is 19.6 Å². The molecule has 2 aromatic heterocycles. The van der Waals surface area contributed by atoms with Crippen LogP contribution in [0.4, 0.5) is 11.6 Å². The van der Waals surface area contributed by atoms with Crippen molar-refractivity contribution in [2.24, 2.45) is 17.3 Å². The van der Waals surface area contributed by atoms with Crippen molar-refractivity contribution in [3.05, 3.63) is 68.4 Å². The Morgan fingerprint density at radius 3 is 2.50 bits per heavy atom. The number of benzene rings is 1. The summed E-state index contributed by atoms with van der Waals surface area (Å²) in [6, 6.07) is 9.94. The highest BCUT2D eigenvalue weighted by molar-refractivity contribution is 5.46. The molecule has 2 heterocycles. The highest BCUT2D eigenvalue weighted by Crippen LogP contribution is 2.26. The number of aromatic hydroxyl groups is 1. The van der Waals surface area contributed by atoms with E-state index >= 15 is 0 Å². The Kier molecular flexibility index (Phi) is 4.55. The van der Waals surface area contributed by atoms with Gasteiger partial charge in [-0.05, 0) is 19.1 Å². The third kappa shape index (κ3) is 2.95.